The van der Waals surface area contributed by atoms with Gasteiger partial charge in [-0.3, -0.25) is 4.98 Å². The third-order valence-electron chi connectivity index (χ3n) is 5.61. The lowest BCUT2D eigenvalue weighted by Crippen LogP contribution is -2.54. The maximum atomic E-state index is 12.3. The number of amides is 1. The second kappa shape index (κ2) is 8.61. The molecule has 1 aliphatic heterocycles. The van der Waals surface area contributed by atoms with Gasteiger partial charge in [-0.25, -0.2) is 4.79 Å². The molecule has 0 spiro atoms. The number of hydrogen-bond acceptors (Lipinski definition) is 5. The molecule has 1 saturated heterocycles. The second-order valence-electron chi connectivity index (χ2n) is 7.56. The Morgan fingerprint density at radius 3 is 2.86 bits per heavy atom. The average molecular weight is 382 g/mol. The van der Waals surface area contributed by atoms with E-state index in [0.29, 0.717) is 25.0 Å². The number of aromatic nitrogens is 1. The number of ether oxygens (including phenoxy) is 2. The van der Waals surface area contributed by atoms with E-state index in [1.165, 1.54) is 5.56 Å². The lowest BCUT2D eigenvalue weighted by atomic mass is 10.1. The first-order valence-corrected chi connectivity index (χ1v) is 9.90. The Kier molecular flexibility index (Phi) is 5.76. The van der Waals surface area contributed by atoms with Gasteiger partial charge >= 0.3 is 6.09 Å². The van der Waals surface area contributed by atoms with Gasteiger partial charge in [-0.2, -0.15) is 0 Å². The fraction of sp³-hybridized carbons (Fsp3) is 0.455. The van der Waals surface area contributed by atoms with Gasteiger partial charge in [0.1, 0.15) is 19.0 Å². The smallest absolute Gasteiger partial charge is 0.410 e. The van der Waals surface area contributed by atoms with E-state index in [1.54, 1.807) is 11.1 Å². The van der Waals surface area contributed by atoms with Crippen LogP contribution < -0.4 is 4.74 Å². The molecule has 2 aromatic rings. The van der Waals surface area contributed by atoms with Gasteiger partial charge in [0, 0.05) is 19.3 Å². The quantitative estimate of drug-likeness (QED) is 0.758. The molecule has 3 atom stereocenters. The van der Waals surface area contributed by atoms with E-state index in [-0.39, 0.29) is 25.3 Å². The number of nitrogens with zero attached hydrogens (tertiary/aromatic N) is 2. The Morgan fingerprint density at radius 2 is 2.11 bits per heavy atom. The van der Waals surface area contributed by atoms with E-state index >= 15 is 0 Å². The molecule has 1 aromatic carbocycles. The normalized spacial score (nSPS) is 23.0. The summed E-state index contributed by atoms with van der Waals surface area (Å²) in [5.74, 6) is 1.77. The molecule has 2 heterocycles. The molecule has 6 heteroatoms. The van der Waals surface area contributed by atoms with Gasteiger partial charge in [-0.05, 0) is 48.3 Å². The van der Waals surface area contributed by atoms with Crippen molar-refractivity contribution < 1.29 is 19.4 Å². The highest BCUT2D eigenvalue weighted by Crippen LogP contribution is 2.49. The second-order valence-corrected chi connectivity index (χ2v) is 7.56. The van der Waals surface area contributed by atoms with Gasteiger partial charge in [0.25, 0.3) is 0 Å². The number of rotatable bonds is 8. The Bertz CT molecular complexity index is 798. The Hall–Kier alpha value is -2.60. The van der Waals surface area contributed by atoms with E-state index in [0.717, 1.165) is 30.6 Å². The van der Waals surface area contributed by atoms with Gasteiger partial charge in [0.2, 0.25) is 0 Å². The van der Waals surface area contributed by atoms with Crippen molar-refractivity contribution in [3.8, 4) is 5.75 Å². The first-order valence-electron chi connectivity index (χ1n) is 9.90. The Labute approximate surface area is 165 Å². The number of pyridine rings is 1. The van der Waals surface area contributed by atoms with E-state index in [1.807, 2.05) is 42.6 Å². The molecular formula is C22H26N2O4. The largest absolute Gasteiger partial charge is 0.490 e. The van der Waals surface area contributed by atoms with Crippen molar-refractivity contribution in [3.05, 3.63) is 59.9 Å². The zero-order valence-electron chi connectivity index (χ0n) is 15.9. The monoisotopic (exact) mass is 382 g/mol. The van der Waals surface area contributed by atoms with Crippen LogP contribution in [0.4, 0.5) is 4.79 Å². The van der Waals surface area contributed by atoms with Gasteiger partial charge in [-0.15, -0.1) is 0 Å². The highest BCUT2D eigenvalue weighted by molar-refractivity contribution is 5.69. The fourth-order valence-corrected chi connectivity index (χ4v) is 3.71. The van der Waals surface area contributed by atoms with Crippen LogP contribution in [0.15, 0.2) is 48.8 Å². The molecule has 148 valence electrons. The minimum absolute atomic E-state index is 0.0370. The van der Waals surface area contributed by atoms with E-state index in [4.69, 9.17) is 14.6 Å². The standard InChI is InChI=1S/C22H26N2O4/c25-9-7-17-11-21(17)18-10-20(13-23-12-18)27-15-19-6-8-24(19)22(26)28-14-16-4-2-1-3-5-16/h1-5,10,12-13,17,19,21,25H,6-9,11,14-15H2/t17-,19-,21-/m0/s1. The number of aliphatic hydroxyl groups is 1. The third kappa shape index (κ3) is 4.44. The molecule has 1 amide bonds. The SMILES string of the molecule is O=C(OCc1ccccc1)N1CC[C@H]1COc1cncc([C@H]2C[C@@H]2CCO)c1. The molecule has 0 bridgehead atoms. The minimum atomic E-state index is -0.291. The zero-order chi connectivity index (χ0) is 19.3. The van der Waals surface area contributed by atoms with Crippen LogP contribution in [0.25, 0.3) is 0 Å². The summed E-state index contributed by atoms with van der Waals surface area (Å²) >= 11 is 0. The van der Waals surface area contributed by atoms with E-state index in [9.17, 15) is 4.79 Å². The van der Waals surface area contributed by atoms with Crippen LogP contribution in [0.3, 0.4) is 0 Å². The van der Waals surface area contributed by atoms with Crippen LogP contribution in [0.1, 0.15) is 36.3 Å². The van der Waals surface area contributed by atoms with Crippen molar-refractivity contribution in [2.24, 2.45) is 5.92 Å². The summed E-state index contributed by atoms with van der Waals surface area (Å²) in [6, 6.07) is 11.7. The third-order valence-corrected chi connectivity index (χ3v) is 5.61. The summed E-state index contributed by atoms with van der Waals surface area (Å²) in [5.41, 5.74) is 2.15. The number of benzene rings is 1. The lowest BCUT2D eigenvalue weighted by Gasteiger charge is -2.39. The van der Waals surface area contributed by atoms with Crippen molar-refractivity contribution in [2.75, 3.05) is 19.8 Å². The summed E-state index contributed by atoms with van der Waals surface area (Å²) in [4.78, 5) is 18.3. The molecular weight excluding hydrogens is 356 g/mol. The molecule has 0 unspecified atom stereocenters. The van der Waals surface area contributed by atoms with Gasteiger partial charge < -0.3 is 19.5 Å². The number of carbonyl (C=O) groups excluding carboxylic acids is 1. The molecule has 28 heavy (non-hydrogen) atoms. The van der Waals surface area contributed by atoms with Crippen molar-refractivity contribution in [2.45, 2.75) is 37.8 Å². The highest BCUT2D eigenvalue weighted by Gasteiger charge is 2.38. The number of aliphatic hydroxyl groups excluding tert-OH is 1. The van der Waals surface area contributed by atoms with Crippen LogP contribution in [-0.2, 0) is 11.3 Å². The molecule has 0 radical (unpaired) electrons. The predicted molar refractivity (Wildman–Crippen MR) is 104 cm³/mol. The zero-order valence-corrected chi connectivity index (χ0v) is 15.9. The maximum Gasteiger partial charge on any atom is 0.410 e. The molecule has 4 rings (SSSR count). The lowest BCUT2D eigenvalue weighted by molar-refractivity contribution is 0.0259. The van der Waals surface area contributed by atoms with Crippen molar-refractivity contribution in [3.63, 3.8) is 0 Å². The summed E-state index contributed by atoms with van der Waals surface area (Å²) < 4.78 is 11.3. The number of likely N-dealkylation sites (tertiary alicyclic amines) is 1. The van der Waals surface area contributed by atoms with Crippen LogP contribution in [0.2, 0.25) is 0 Å². The fourth-order valence-electron chi connectivity index (χ4n) is 3.71. The molecule has 1 aliphatic carbocycles. The van der Waals surface area contributed by atoms with Gasteiger partial charge in [-0.1, -0.05) is 30.3 Å². The molecule has 2 fully saturated rings. The van der Waals surface area contributed by atoms with Gasteiger partial charge in [0.05, 0.1) is 12.2 Å². The molecule has 1 aromatic heterocycles. The van der Waals surface area contributed by atoms with Crippen LogP contribution in [-0.4, -0.2) is 46.9 Å². The summed E-state index contributed by atoms with van der Waals surface area (Å²) in [6.45, 7) is 1.66. The highest BCUT2D eigenvalue weighted by atomic mass is 16.6. The maximum absolute atomic E-state index is 12.3. The summed E-state index contributed by atoms with van der Waals surface area (Å²) in [7, 11) is 0. The predicted octanol–water partition coefficient (Wildman–Crippen LogP) is 3.36. The average Bonchev–Trinajstić information content (AvgIpc) is 3.46. The van der Waals surface area contributed by atoms with Crippen molar-refractivity contribution >= 4 is 6.09 Å². The van der Waals surface area contributed by atoms with Gasteiger partial charge in [0.15, 0.2) is 0 Å². The summed E-state index contributed by atoms with van der Waals surface area (Å²) in [5, 5.41) is 9.06. The molecule has 1 saturated carbocycles. The van der Waals surface area contributed by atoms with Crippen LogP contribution >= 0.6 is 0 Å². The van der Waals surface area contributed by atoms with E-state index < -0.39 is 0 Å². The van der Waals surface area contributed by atoms with Crippen LogP contribution in [0.5, 0.6) is 5.75 Å². The van der Waals surface area contributed by atoms with Crippen molar-refractivity contribution in [1.82, 2.24) is 9.88 Å². The first-order chi connectivity index (χ1) is 13.7. The first kappa shape index (κ1) is 18.7. The number of hydrogen-bond donors (Lipinski definition) is 1. The Morgan fingerprint density at radius 1 is 1.25 bits per heavy atom. The van der Waals surface area contributed by atoms with E-state index in [2.05, 4.69) is 4.98 Å². The number of carbonyl (C=O) groups is 1. The van der Waals surface area contributed by atoms with Crippen molar-refractivity contribution in [1.29, 1.82) is 0 Å². The molecule has 2 aliphatic rings. The molecule has 6 nitrogen and oxygen atoms in total. The Balaban J connectivity index is 1.24. The topological polar surface area (TPSA) is 71.9 Å². The minimum Gasteiger partial charge on any atom is -0.490 e. The molecule has 1 N–H and O–H groups in total. The summed E-state index contributed by atoms with van der Waals surface area (Å²) in [6.07, 6.45) is 6.16. The van der Waals surface area contributed by atoms with Crippen LogP contribution in [0, 0.1) is 5.92 Å².